The number of hydrogen-bond donors (Lipinski definition) is 1. The average Bonchev–Trinajstić information content (AvgIpc) is 3.33. The van der Waals surface area contributed by atoms with Gasteiger partial charge in [0.05, 0.1) is 6.54 Å². The van der Waals surface area contributed by atoms with Gasteiger partial charge in [0.15, 0.2) is 0 Å². The number of benzene rings is 1. The Hall–Kier alpha value is -2.81. The molecule has 0 spiro atoms. The molecule has 1 fully saturated rings. The van der Waals surface area contributed by atoms with Crippen LogP contribution in [0, 0.1) is 0 Å². The minimum atomic E-state index is -2.72. The molecule has 2 aromatic rings. The van der Waals surface area contributed by atoms with E-state index >= 15 is 0 Å². The van der Waals surface area contributed by atoms with Crippen LogP contribution >= 0.6 is 0 Å². The van der Waals surface area contributed by atoms with Crippen LogP contribution in [0.5, 0.6) is 0 Å². The smallest absolute Gasteiger partial charge is 0.319 e. The van der Waals surface area contributed by atoms with Crippen LogP contribution in [0.4, 0.5) is 14.5 Å². The van der Waals surface area contributed by atoms with Crippen molar-refractivity contribution in [3.63, 3.8) is 0 Å². The molecule has 1 atom stereocenters. The zero-order valence-electron chi connectivity index (χ0n) is 14.8. The molecule has 0 saturated carbocycles. The number of halogens is 2. The van der Waals surface area contributed by atoms with E-state index < -0.39 is 12.7 Å². The van der Waals surface area contributed by atoms with Crippen molar-refractivity contribution in [2.24, 2.45) is 0 Å². The van der Waals surface area contributed by atoms with Crippen molar-refractivity contribution in [1.82, 2.24) is 14.5 Å². The first-order valence-corrected chi connectivity index (χ1v) is 8.53. The number of hydrogen-bond acceptors (Lipinski definition) is 4. The molecule has 1 aliphatic heterocycles. The predicted molar refractivity (Wildman–Crippen MR) is 93.3 cm³/mol. The zero-order valence-corrected chi connectivity index (χ0v) is 14.8. The third kappa shape index (κ3) is 4.48. The summed E-state index contributed by atoms with van der Waals surface area (Å²) in [5.41, 5.74) is 0.807. The molecular formula is C18H20F2N4O3. The van der Waals surface area contributed by atoms with Crippen molar-refractivity contribution in [3.05, 3.63) is 48.0 Å². The summed E-state index contributed by atoms with van der Waals surface area (Å²) >= 11 is 0. The Morgan fingerprint density at radius 1 is 1.44 bits per heavy atom. The van der Waals surface area contributed by atoms with Crippen molar-refractivity contribution in [1.29, 1.82) is 0 Å². The second-order valence-electron chi connectivity index (χ2n) is 6.26. The summed E-state index contributed by atoms with van der Waals surface area (Å²) in [6, 6.07) is 6.46. The number of ether oxygens (including phenoxy) is 1. The maximum Gasteiger partial charge on any atom is 0.319 e. The molecule has 9 heteroatoms. The second-order valence-corrected chi connectivity index (χ2v) is 6.26. The quantitative estimate of drug-likeness (QED) is 0.839. The summed E-state index contributed by atoms with van der Waals surface area (Å²) in [5, 5.41) is 2.74. The lowest BCUT2D eigenvalue weighted by Crippen LogP contribution is -2.29. The number of anilines is 1. The van der Waals surface area contributed by atoms with Gasteiger partial charge in [-0.15, -0.1) is 0 Å². The monoisotopic (exact) mass is 378 g/mol. The molecule has 144 valence electrons. The molecule has 3 rings (SSSR count). The highest BCUT2D eigenvalue weighted by Crippen LogP contribution is 2.18. The van der Waals surface area contributed by atoms with E-state index in [1.54, 1.807) is 24.3 Å². The van der Waals surface area contributed by atoms with Gasteiger partial charge < -0.3 is 15.0 Å². The number of aromatic nitrogens is 2. The molecule has 1 saturated heterocycles. The predicted octanol–water partition coefficient (Wildman–Crippen LogP) is 2.67. The molecule has 0 radical (unpaired) electrons. The first-order valence-electron chi connectivity index (χ1n) is 8.53. The highest BCUT2D eigenvalue weighted by Gasteiger charge is 2.24. The lowest BCUT2D eigenvalue weighted by molar-refractivity contribution is -0.124. The second kappa shape index (κ2) is 8.26. The summed E-state index contributed by atoms with van der Waals surface area (Å²) in [6.07, 6.45) is 3.47. The molecule has 1 aromatic heterocycles. The summed E-state index contributed by atoms with van der Waals surface area (Å²) < 4.78 is 31.9. The molecule has 0 bridgehead atoms. The van der Waals surface area contributed by atoms with Crippen molar-refractivity contribution < 1.29 is 23.1 Å². The van der Waals surface area contributed by atoms with Gasteiger partial charge in [-0.3, -0.25) is 14.2 Å². The van der Waals surface area contributed by atoms with Crippen LogP contribution in [0.15, 0.2) is 36.7 Å². The Kier molecular flexibility index (Phi) is 5.80. The molecule has 1 N–H and O–H groups in total. The van der Waals surface area contributed by atoms with E-state index in [0.29, 0.717) is 28.8 Å². The first-order chi connectivity index (χ1) is 13.0. The van der Waals surface area contributed by atoms with Crippen LogP contribution in [0.3, 0.4) is 0 Å². The fourth-order valence-electron chi connectivity index (χ4n) is 2.89. The summed E-state index contributed by atoms with van der Waals surface area (Å²) in [5.74, 6) is -0.528. The number of carbonyl (C=O) groups excluding carboxylic acids is 2. The van der Waals surface area contributed by atoms with Crippen molar-refractivity contribution in [3.8, 4) is 0 Å². The fraction of sp³-hybridized carbons (Fsp3) is 0.389. The van der Waals surface area contributed by atoms with E-state index in [1.807, 2.05) is 0 Å². The number of alkyl halides is 2. The highest BCUT2D eigenvalue weighted by molar-refractivity contribution is 5.98. The van der Waals surface area contributed by atoms with Crippen molar-refractivity contribution in [2.75, 3.05) is 19.0 Å². The number of rotatable bonds is 6. The SMILES string of the molecule is CN(Cc1nccn1C(F)F)C(=O)c1cccc(NC(=O)[C@@H]2CCCO2)c1. The van der Waals surface area contributed by atoms with Gasteiger partial charge in [-0.1, -0.05) is 6.07 Å². The zero-order chi connectivity index (χ0) is 19.4. The van der Waals surface area contributed by atoms with Gasteiger partial charge in [-0.2, -0.15) is 8.78 Å². The van der Waals surface area contributed by atoms with Gasteiger partial charge in [0.25, 0.3) is 11.8 Å². The van der Waals surface area contributed by atoms with E-state index in [4.69, 9.17) is 4.74 Å². The fourth-order valence-corrected chi connectivity index (χ4v) is 2.89. The third-order valence-corrected chi connectivity index (χ3v) is 4.28. The molecule has 27 heavy (non-hydrogen) atoms. The van der Waals surface area contributed by atoms with Crippen LogP contribution in [-0.4, -0.2) is 46.0 Å². The molecule has 1 aliphatic rings. The average molecular weight is 378 g/mol. The van der Waals surface area contributed by atoms with Crippen LogP contribution in [0.2, 0.25) is 0 Å². The molecule has 0 aliphatic carbocycles. The van der Waals surface area contributed by atoms with Crippen LogP contribution in [0.1, 0.15) is 35.6 Å². The van der Waals surface area contributed by atoms with Gasteiger partial charge in [-0.25, -0.2) is 4.98 Å². The number of nitrogens with zero attached hydrogens (tertiary/aromatic N) is 3. The van der Waals surface area contributed by atoms with Gasteiger partial charge >= 0.3 is 6.55 Å². The lowest BCUT2D eigenvalue weighted by Gasteiger charge is -2.18. The summed E-state index contributed by atoms with van der Waals surface area (Å²) in [6.45, 7) is -2.22. The molecule has 1 aromatic carbocycles. The van der Waals surface area contributed by atoms with Crippen LogP contribution in [-0.2, 0) is 16.1 Å². The largest absolute Gasteiger partial charge is 0.368 e. The Morgan fingerprint density at radius 3 is 2.96 bits per heavy atom. The molecule has 2 amide bonds. The van der Waals surface area contributed by atoms with E-state index in [0.717, 1.165) is 6.42 Å². The Labute approximate surface area is 154 Å². The molecule has 7 nitrogen and oxygen atoms in total. The molecule has 0 unspecified atom stereocenters. The molecular weight excluding hydrogens is 358 g/mol. The Bertz CT molecular complexity index is 818. The highest BCUT2D eigenvalue weighted by atomic mass is 19.3. The Morgan fingerprint density at radius 2 is 2.26 bits per heavy atom. The minimum Gasteiger partial charge on any atom is -0.368 e. The van der Waals surface area contributed by atoms with E-state index in [-0.39, 0.29) is 24.2 Å². The van der Waals surface area contributed by atoms with Crippen LogP contribution in [0.25, 0.3) is 0 Å². The topological polar surface area (TPSA) is 76.5 Å². The van der Waals surface area contributed by atoms with E-state index in [9.17, 15) is 18.4 Å². The van der Waals surface area contributed by atoms with Crippen molar-refractivity contribution in [2.45, 2.75) is 32.0 Å². The van der Waals surface area contributed by atoms with E-state index in [1.165, 1.54) is 24.3 Å². The summed E-state index contributed by atoms with van der Waals surface area (Å²) in [4.78, 5) is 29.9. The first kappa shape index (κ1) is 19.0. The lowest BCUT2D eigenvalue weighted by atomic mass is 10.1. The summed E-state index contributed by atoms with van der Waals surface area (Å²) in [7, 11) is 1.50. The minimum absolute atomic E-state index is 0.0668. The van der Waals surface area contributed by atoms with Gasteiger partial charge in [0.2, 0.25) is 0 Å². The molecule has 2 heterocycles. The standard InChI is InChI=1S/C18H20F2N4O3/c1-23(11-15-21-7-8-24(15)18(19)20)17(26)12-4-2-5-13(10-12)22-16(25)14-6-3-9-27-14/h2,4-5,7-8,10,14,18H,3,6,9,11H2,1H3,(H,22,25)/t14-/m0/s1. The number of imidazole rings is 1. The van der Waals surface area contributed by atoms with Gasteiger partial charge in [0, 0.05) is 37.3 Å². The third-order valence-electron chi connectivity index (χ3n) is 4.28. The number of amides is 2. The number of nitrogens with one attached hydrogen (secondary N) is 1. The van der Waals surface area contributed by atoms with E-state index in [2.05, 4.69) is 10.3 Å². The maximum absolute atomic E-state index is 12.9. The van der Waals surface area contributed by atoms with Gasteiger partial charge in [-0.05, 0) is 31.0 Å². The van der Waals surface area contributed by atoms with Crippen LogP contribution < -0.4 is 5.32 Å². The maximum atomic E-state index is 12.9. The Balaban J connectivity index is 1.67. The van der Waals surface area contributed by atoms with Gasteiger partial charge in [0.1, 0.15) is 11.9 Å². The number of carbonyl (C=O) groups is 2. The normalized spacial score (nSPS) is 16.5. The van der Waals surface area contributed by atoms with Crippen molar-refractivity contribution >= 4 is 17.5 Å².